The van der Waals surface area contributed by atoms with Crippen LogP contribution in [-0.4, -0.2) is 29.3 Å². The highest BCUT2D eigenvalue weighted by molar-refractivity contribution is 6.30. The summed E-state index contributed by atoms with van der Waals surface area (Å²) < 4.78 is 5.49. The molecule has 0 spiro atoms. The maximum atomic E-state index is 12.0. The van der Waals surface area contributed by atoms with Crippen molar-refractivity contribution in [1.82, 2.24) is 15.5 Å². The Bertz CT molecular complexity index is 839. The van der Waals surface area contributed by atoms with Crippen molar-refractivity contribution in [3.05, 3.63) is 77.3 Å². The molecule has 1 heterocycles. The van der Waals surface area contributed by atoms with E-state index in [1.165, 1.54) is 0 Å². The molecule has 25 heavy (non-hydrogen) atoms. The van der Waals surface area contributed by atoms with Gasteiger partial charge in [0.15, 0.2) is 0 Å². The zero-order valence-corrected chi connectivity index (χ0v) is 14.1. The van der Waals surface area contributed by atoms with Crippen molar-refractivity contribution in [3.8, 4) is 17.1 Å². The number of ether oxygens (including phenoxy) is 1. The standard InChI is InChI=1S/C19H16ClN3O2/c20-16-8-4-7-15(13-16)19(24)21-11-12-25-18-10-9-17(22-23-18)14-5-2-1-3-6-14/h1-10,13H,11-12H2,(H,21,24). The van der Waals surface area contributed by atoms with Gasteiger partial charge in [-0.1, -0.05) is 48.0 Å². The zero-order chi connectivity index (χ0) is 17.5. The summed E-state index contributed by atoms with van der Waals surface area (Å²) in [5.41, 5.74) is 2.29. The van der Waals surface area contributed by atoms with Crippen LogP contribution in [0.25, 0.3) is 11.3 Å². The van der Waals surface area contributed by atoms with Gasteiger partial charge in [0.2, 0.25) is 5.88 Å². The molecule has 2 aromatic carbocycles. The second kappa shape index (κ2) is 8.26. The van der Waals surface area contributed by atoms with Crippen molar-refractivity contribution >= 4 is 17.5 Å². The first-order valence-electron chi connectivity index (χ1n) is 7.78. The molecule has 0 atom stereocenters. The first-order chi connectivity index (χ1) is 12.2. The maximum Gasteiger partial charge on any atom is 0.251 e. The first-order valence-corrected chi connectivity index (χ1v) is 8.16. The molecule has 1 amide bonds. The number of nitrogens with one attached hydrogen (secondary N) is 1. The van der Waals surface area contributed by atoms with Crippen molar-refractivity contribution < 1.29 is 9.53 Å². The molecule has 0 unspecified atom stereocenters. The summed E-state index contributed by atoms with van der Waals surface area (Å²) in [6.45, 7) is 0.652. The Balaban J connectivity index is 1.47. The highest BCUT2D eigenvalue weighted by Crippen LogP contribution is 2.16. The lowest BCUT2D eigenvalue weighted by Gasteiger charge is -2.07. The molecule has 6 heteroatoms. The largest absolute Gasteiger partial charge is 0.475 e. The molecule has 5 nitrogen and oxygen atoms in total. The smallest absolute Gasteiger partial charge is 0.251 e. The Morgan fingerprint density at radius 2 is 1.84 bits per heavy atom. The summed E-state index contributed by atoms with van der Waals surface area (Å²) in [5, 5.41) is 11.5. The minimum Gasteiger partial charge on any atom is -0.475 e. The van der Waals surface area contributed by atoms with E-state index in [9.17, 15) is 4.79 Å². The van der Waals surface area contributed by atoms with Gasteiger partial charge in [0.1, 0.15) is 6.61 Å². The highest BCUT2D eigenvalue weighted by atomic mass is 35.5. The van der Waals surface area contributed by atoms with Crippen LogP contribution in [0.4, 0.5) is 0 Å². The number of carbonyl (C=O) groups excluding carboxylic acids is 1. The van der Waals surface area contributed by atoms with Crippen LogP contribution in [0.15, 0.2) is 66.7 Å². The fourth-order valence-corrected chi connectivity index (χ4v) is 2.40. The molecule has 0 bridgehead atoms. The first kappa shape index (κ1) is 16.9. The van der Waals surface area contributed by atoms with E-state index < -0.39 is 0 Å². The molecule has 0 aliphatic heterocycles. The molecule has 3 aromatic rings. The molecule has 0 saturated carbocycles. The Labute approximate surface area is 150 Å². The lowest BCUT2D eigenvalue weighted by atomic mass is 10.1. The van der Waals surface area contributed by atoms with Crippen LogP contribution in [0, 0.1) is 0 Å². The monoisotopic (exact) mass is 353 g/mol. The van der Waals surface area contributed by atoms with Gasteiger partial charge in [0.25, 0.3) is 5.91 Å². The number of rotatable bonds is 6. The van der Waals surface area contributed by atoms with Crippen LogP contribution < -0.4 is 10.1 Å². The van der Waals surface area contributed by atoms with E-state index in [1.54, 1.807) is 30.3 Å². The van der Waals surface area contributed by atoms with Crippen LogP contribution in [-0.2, 0) is 0 Å². The van der Waals surface area contributed by atoms with Crippen LogP contribution in [0.2, 0.25) is 5.02 Å². The summed E-state index contributed by atoms with van der Waals surface area (Å²) in [5.74, 6) is 0.216. The molecule has 0 aliphatic carbocycles. The van der Waals surface area contributed by atoms with Gasteiger partial charge in [-0.15, -0.1) is 10.2 Å². The van der Waals surface area contributed by atoms with E-state index in [2.05, 4.69) is 15.5 Å². The minimum atomic E-state index is -0.198. The summed E-state index contributed by atoms with van der Waals surface area (Å²) >= 11 is 5.87. The molecule has 0 radical (unpaired) electrons. The maximum absolute atomic E-state index is 12.0. The van der Waals surface area contributed by atoms with E-state index >= 15 is 0 Å². The van der Waals surface area contributed by atoms with Crippen molar-refractivity contribution in [1.29, 1.82) is 0 Å². The minimum absolute atomic E-state index is 0.198. The summed E-state index contributed by atoms with van der Waals surface area (Å²) in [4.78, 5) is 12.0. The summed E-state index contributed by atoms with van der Waals surface area (Å²) in [6, 6.07) is 20.2. The van der Waals surface area contributed by atoms with Crippen LogP contribution >= 0.6 is 11.6 Å². The predicted octanol–water partition coefficient (Wildman–Crippen LogP) is 3.61. The van der Waals surface area contributed by atoms with E-state index in [1.807, 2.05) is 36.4 Å². The zero-order valence-electron chi connectivity index (χ0n) is 13.4. The van der Waals surface area contributed by atoms with Gasteiger partial charge < -0.3 is 10.1 Å². The second-order valence-electron chi connectivity index (χ2n) is 5.24. The molecule has 3 rings (SSSR count). The van der Waals surface area contributed by atoms with Crippen molar-refractivity contribution in [3.63, 3.8) is 0 Å². The number of halogens is 1. The molecule has 0 fully saturated rings. The quantitative estimate of drug-likeness (QED) is 0.688. The van der Waals surface area contributed by atoms with Crippen molar-refractivity contribution in [2.75, 3.05) is 13.2 Å². The van der Waals surface area contributed by atoms with E-state index in [-0.39, 0.29) is 5.91 Å². The van der Waals surface area contributed by atoms with Gasteiger partial charge >= 0.3 is 0 Å². The van der Waals surface area contributed by atoms with Gasteiger partial charge in [-0.3, -0.25) is 4.79 Å². The Kier molecular flexibility index (Phi) is 5.59. The third-order valence-electron chi connectivity index (χ3n) is 3.43. The average molecular weight is 354 g/mol. The van der Waals surface area contributed by atoms with Crippen LogP contribution in [0.5, 0.6) is 5.88 Å². The lowest BCUT2D eigenvalue weighted by molar-refractivity contribution is 0.0946. The van der Waals surface area contributed by atoms with Crippen LogP contribution in [0.1, 0.15) is 10.4 Å². The number of benzene rings is 2. The number of amides is 1. The number of aromatic nitrogens is 2. The SMILES string of the molecule is O=C(NCCOc1ccc(-c2ccccc2)nn1)c1cccc(Cl)c1. The van der Waals surface area contributed by atoms with Gasteiger partial charge in [-0.2, -0.15) is 0 Å². The highest BCUT2D eigenvalue weighted by Gasteiger charge is 2.05. The molecular formula is C19H16ClN3O2. The fraction of sp³-hybridized carbons (Fsp3) is 0.105. The van der Waals surface area contributed by atoms with Gasteiger partial charge in [-0.25, -0.2) is 0 Å². The van der Waals surface area contributed by atoms with E-state index in [0.717, 1.165) is 11.3 Å². The third-order valence-corrected chi connectivity index (χ3v) is 3.67. The normalized spacial score (nSPS) is 10.3. The second-order valence-corrected chi connectivity index (χ2v) is 5.67. The molecule has 0 saturated heterocycles. The van der Waals surface area contributed by atoms with Crippen molar-refractivity contribution in [2.45, 2.75) is 0 Å². The average Bonchev–Trinajstić information content (AvgIpc) is 2.66. The number of carbonyl (C=O) groups is 1. The molecule has 1 N–H and O–H groups in total. The van der Waals surface area contributed by atoms with Gasteiger partial charge in [0, 0.05) is 22.2 Å². The summed E-state index contributed by atoms with van der Waals surface area (Å²) in [6.07, 6.45) is 0. The Morgan fingerprint density at radius 1 is 1.00 bits per heavy atom. The van der Waals surface area contributed by atoms with Gasteiger partial charge in [0.05, 0.1) is 12.2 Å². The van der Waals surface area contributed by atoms with Crippen LogP contribution in [0.3, 0.4) is 0 Å². The number of nitrogens with zero attached hydrogens (tertiary/aromatic N) is 2. The third kappa shape index (κ3) is 4.78. The predicted molar refractivity (Wildman–Crippen MR) is 96.7 cm³/mol. The number of hydrogen-bond donors (Lipinski definition) is 1. The van der Waals surface area contributed by atoms with Crippen molar-refractivity contribution in [2.24, 2.45) is 0 Å². The summed E-state index contributed by atoms with van der Waals surface area (Å²) in [7, 11) is 0. The molecule has 1 aromatic heterocycles. The lowest BCUT2D eigenvalue weighted by Crippen LogP contribution is -2.28. The van der Waals surface area contributed by atoms with E-state index in [0.29, 0.717) is 29.6 Å². The number of hydrogen-bond acceptors (Lipinski definition) is 4. The molecule has 0 aliphatic rings. The molecular weight excluding hydrogens is 338 g/mol. The Hall–Kier alpha value is -2.92. The van der Waals surface area contributed by atoms with E-state index in [4.69, 9.17) is 16.3 Å². The topological polar surface area (TPSA) is 64.1 Å². The van der Waals surface area contributed by atoms with Gasteiger partial charge in [-0.05, 0) is 24.3 Å². The Morgan fingerprint density at radius 3 is 2.56 bits per heavy atom. The molecule has 126 valence electrons. The fourth-order valence-electron chi connectivity index (χ4n) is 2.21.